The van der Waals surface area contributed by atoms with Crippen LogP contribution in [0.5, 0.6) is 0 Å². The highest BCUT2D eigenvalue weighted by atomic mass is 16.6. The largest absolute Gasteiger partial charge is 0.447 e. The number of nitrogens with zero attached hydrogens (tertiary/aromatic N) is 4. The van der Waals surface area contributed by atoms with Gasteiger partial charge in [-0.05, 0) is 67.0 Å². The first-order chi connectivity index (χ1) is 19.2. The summed E-state index contributed by atoms with van der Waals surface area (Å²) in [6.45, 7) is 2.83. The minimum Gasteiger partial charge on any atom is -0.447 e. The number of amides is 1. The van der Waals surface area contributed by atoms with Crippen LogP contribution in [0.25, 0.3) is 33.4 Å². The quantitative estimate of drug-likeness (QED) is 0.382. The number of anilines is 1. The summed E-state index contributed by atoms with van der Waals surface area (Å²) in [5.74, 6) is 0. The van der Waals surface area contributed by atoms with Gasteiger partial charge in [-0.2, -0.15) is 5.10 Å². The molecule has 1 N–H and O–H groups in total. The summed E-state index contributed by atoms with van der Waals surface area (Å²) < 4.78 is 10.8. The Hall–Kier alpha value is -3.75. The third-order valence-electron chi connectivity index (χ3n) is 9.10. The molecule has 39 heavy (non-hydrogen) atoms. The van der Waals surface area contributed by atoms with Gasteiger partial charge in [0.25, 0.3) is 0 Å². The molecule has 3 aliphatic heterocycles. The molecule has 3 saturated heterocycles. The molecule has 4 aromatic rings. The number of carbonyl (C=O) groups is 1. The molecule has 2 bridgehead atoms. The Morgan fingerprint density at radius 3 is 2.44 bits per heavy atom. The first-order valence-corrected chi connectivity index (χ1v) is 14.1. The highest BCUT2D eigenvalue weighted by Gasteiger charge is 2.45. The van der Waals surface area contributed by atoms with Crippen LogP contribution in [0.1, 0.15) is 30.4 Å². The van der Waals surface area contributed by atoms with Gasteiger partial charge in [0.1, 0.15) is 6.61 Å². The van der Waals surface area contributed by atoms with E-state index in [0.29, 0.717) is 36.9 Å². The molecular weight excluding hydrogens is 490 g/mol. The monoisotopic (exact) mass is 521 g/mol. The van der Waals surface area contributed by atoms with E-state index in [0.717, 1.165) is 53.9 Å². The second kappa shape index (κ2) is 9.17. The molecule has 198 valence electrons. The van der Waals surface area contributed by atoms with Gasteiger partial charge in [-0.25, -0.2) is 9.78 Å². The van der Waals surface area contributed by atoms with E-state index in [4.69, 9.17) is 9.47 Å². The number of morpholine rings is 1. The summed E-state index contributed by atoms with van der Waals surface area (Å²) in [6.07, 6.45) is 7.67. The lowest BCUT2D eigenvalue weighted by Crippen LogP contribution is -2.66. The van der Waals surface area contributed by atoms with Gasteiger partial charge in [0.05, 0.1) is 25.5 Å². The smallest absolute Gasteiger partial charge is 0.414 e. The number of rotatable bonds is 4. The maximum absolute atomic E-state index is 11.9. The van der Waals surface area contributed by atoms with Crippen LogP contribution in [0, 0.1) is 0 Å². The summed E-state index contributed by atoms with van der Waals surface area (Å²) >= 11 is 0. The second-order valence-corrected chi connectivity index (χ2v) is 11.2. The predicted octanol–water partition coefficient (Wildman–Crippen LogP) is 4.97. The van der Waals surface area contributed by atoms with Crippen molar-refractivity contribution in [2.75, 3.05) is 31.3 Å². The number of hydrogen-bond acceptors (Lipinski definition) is 6. The van der Waals surface area contributed by atoms with E-state index in [1.807, 2.05) is 30.5 Å². The maximum atomic E-state index is 11.9. The van der Waals surface area contributed by atoms with Crippen LogP contribution in [0.15, 0.2) is 54.7 Å². The van der Waals surface area contributed by atoms with E-state index in [9.17, 15) is 4.79 Å². The van der Waals surface area contributed by atoms with E-state index in [-0.39, 0.29) is 6.09 Å². The van der Waals surface area contributed by atoms with Crippen molar-refractivity contribution in [1.29, 1.82) is 0 Å². The molecule has 5 heterocycles. The van der Waals surface area contributed by atoms with E-state index in [1.165, 1.54) is 36.0 Å². The van der Waals surface area contributed by atoms with Crippen molar-refractivity contribution in [3.63, 3.8) is 0 Å². The number of ether oxygens (including phenoxy) is 2. The molecule has 0 saturated carbocycles. The van der Waals surface area contributed by atoms with Crippen LogP contribution < -0.4 is 4.90 Å². The van der Waals surface area contributed by atoms with Crippen LogP contribution in [0.4, 0.5) is 10.5 Å². The van der Waals surface area contributed by atoms with Crippen molar-refractivity contribution < 1.29 is 14.3 Å². The molecule has 2 aromatic carbocycles. The number of cyclic esters (lactones) is 1. The van der Waals surface area contributed by atoms with Crippen molar-refractivity contribution >= 4 is 22.8 Å². The summed E-state index contributed by atoms with van der Waals surface area (Å²) in [7, 11) is 0. The Morgan fingerprint density at radius 1 is 0.872 bits per heavy atom. The normalized spacial score (nSPS) is 24.8. The zero-order chi connectivity index (χ0) is 25.9. The highest BCUT2D eigenvalue weighted by molar-refractivity contribution is 5.94. The number of H-pyrrole nitrogens is 1. The lowest BCUT2D eigenvalue weighted by molar-refractivity contribution is -0.148. The fourth-order valence-corrected chi connectivity index (χ4v) is 7.04. The topological polar surface area (TPSA) is 83.6 Å². The molecule has 1 amide bonds. The number of benzene rings is 2. The summed E-state index contributed by atoms with van der Waals surface area (Å²) in [6, 6.07) is 19.0. The Balaban J connectivity index is 1.05. The first kappa shape index (κ1) is 23.2. The standard InChI is InChI=1S/C31H31N5O3/c37-31-35(11-12-39-31)24-7-4-20(5-8-24)29-28-14-23(16-32-30(28)34-33-29)22-2-1-19-3-9-25(10-6-21(19)13-22)36-26-15-27(36)18-38-17-26/h1-2,4-5,7-8,13-14,16,25-27H,3,6,9-12,15,17-18H2,(H,32,33,34)/t25-,26?,27?/m0/s1. The number of hydrogen-bond donors (Lipinski definition) is 1. The number of aromatic nitrogens is 3. The van der Waals surface area contributed by atoms with Crippen molar-refractivity contribution in [3.8, 4) is 22.4 Å². The average Bonchev–Trinajstić information content (AvgIpc) is 3.54. The van der Waals surface area contributed by atoms with Crippen molar-refractivity contribution in [2.45, 2.75) is 50.2 Å². The molecule has 1 aliphatic carbocycles. The first-order valence-electron chi connectivity index (χ1n) is 14.1. The van der Waals surface area contributed by atoms with Crippen LogP contribution >= 0.6 is 0 Å². The molecule has 8 rings (SSSR count). The van der Waals surface area contributed by atoms with Crippen molar-refractivity contribution in [1.82, 2.24) is 20.1 Å². The molecule has 2 unspecified atom stereocenters. The van der Waals surface area contributed by atoms with Crippen LogP contribution in [-0.2, 0) is 22.3 Å². The zero-order valence-corrected chi connectivity index (χ0v) is 21.8. The zero-order valence-electron chi connectivity index (χ0n) is 21.8. The molecule has 2 aromatic heterocycles. The molecular formula is C31H31N5O3. The maximum Gasteiger partial charge on any atom is 0.414 e. The van der Waals surface area contributed by atoms with Gasteiger partial charge >= 0.3 is 6.09 Å². The molecule has 0 spiro atoms. The van der Waals surface area contributed by atoms with Gasteiger partial charge in [-0.1, -0.05) is 30.3 Å². The Bertz CT molecular complexity index is 1550. The van der Waals surface area contributed by atoms with Gasteiger partial charge in [0, 0.05) is 46.5 Å². The third kappa shape index (κ3) is 3.93. The van der Waals surface area contributed by atoms with Gasteiger partial charge in [-0.3, -0.25) is 14.9 Å². The number of aryl methyl sites for hydroxylation is 2. The van der Waals surface area contributed by atoms with Crippen molar-refractivity contribution in [2.24, 2.45) is 0 Å². The number of carbonyl (C=O) groups excluding carboxylic acids is 1. The van der Waals surface area contributed by atoms with Gasteiger partial charge < -0.3 is 9.47 Å². The van der Waals surface area contributed by atoms with Gasteiger partial charge in [0.2, 0.25) is 0 Å². The van der Waals surface area contributed by atoms with Crippen molar-refractivity contribution in [3.05, 3.63) is 65.9 Å². The second-order valence-electron chi connectivity index (χ2n) is 11.2. The van der Waals surface area contributed by atoms with E-state index in [2.05, 4.69) is 44.3 Å². The van der Waals surface area contributed by atoms with E-state index >= 15 is 0 Å². The molecule has 3 fully saturated rings. The average molecular weight is 522 g/mol. The SMILES string of the molecule is O=C1OCCN1c1ccc(-c2[nH]nc3ncc(-c4ccc5c(c4)CC[C@@H](N4C6COCC4C6)CC5)cc23)cc1. The minimum absolute atomic E-state index is 0.294. The predicted molar refractivity (Wildman–Crippen MR) is 149 cm³/mol. The Morgan fingerprint density at radius 2 is 1.67 bits per heavy atom. The molecule has 0 radical (unpaired) electrons. The molecule has 8 nitrogen and oxygen atoms in total. The van der Waals surface area contributed by atoms with Crippen LogP contribution in [-0.4, -0.2) is 70.7 Å². The Labute approximate surface area is 226 Å². The highest BCUT2D eigenvalue weighted by Crippen LogP contribution is 2.38. The van der Waals surface area contributed by atoms with Crippen LogP contribution in [0.3, 0.4) is 0 Å². The van der Waals surface area contributed by atoms with E-state index < -0.39 is 0 Å². The van der Waals surface area contributed by atoms with Gasteiger partial charge in [0.15, 0.2) is 5.65 Å². The molecule has 4 aliphatic rings. The fraction of sp³-hybridized carbons (Fsp3) is 0.387. The Kier molecular flexibility index (Phi) is 5.45. The van der Waals surface area contributed by atoms with Gasteiger partial charge in [-0.15, -0.1) is 0 Å². The number of fused-ring (bicyclic) bond motifs is 4. The third-order valence-corrected chi connectivity index (χ3v) is 9.10. The lowest BCUT2D eigenvalue weighted by Gasteiger charge is -2.56. The van der Waals surface area contributed by atoms with E-state index in [1.54, 1.807) is 4.90 Å². The number of pyridine rings is 1. The summed E-state index contributed by atoms with van der Waals surface area (Å²) in [4.78, 5) is 21.0. The number of aromatic amines is 1. The summed E-state index contributed by atoms with van der Waals surface area (Å²) in [5.41, 5.74) is 8.72. The summed E-state index contributed by atoms with van der Waals surface area (Å²) in [5, 5.41) is 8.62. The minimum atomic E-state index is -0.294. The van der Waals surface area contributed by atoms with Crippen LogP contribution in [0.2, 0.25) is 0 Å². The number of nitrogens with one attached hydrogen (secondary N) is 1. The molecule has 8 heteroatoms. The lowest BCUT2D eigenvalue weighted by atomic mass is 9.87. The fourth-order valence-electron chi connectivity index (χ4n) is 7.04. The molecule has 3 atom stereocenters.